The van der Waals surface area contributed by atoms with Gasteiger partial charge in [0.25, 0.3) is 0 Å². The van der Waals surface area contributed by atoms with Crippen molar-refractivity contribution in [1.82, 2.24) is 5.06 Å². The molecule has 13 heavy (non-hydrogen) atoms. The number of hydroxylamine groups is 2. The van der Waals surface area contributed by atoms with Crippen LogP contribution in [0.2, 0.25) is 0 Å². The Morgan fingerprint density at radius 1 is 1.62 bits per heavy atom. The summed E-state index contributed by atoms with van der Waals surface area (Å²) >= 11 is 0. The molecule has 1 saturated heterocycles. The van der Waals surface area contributed by atoms with E-state index < -0.39 is 5.60 Å². The van der Waals surface area contributed by atoms with Gasteiger partial charge in [-0.05, 0) is 20.8 Å². The highest BCUT2D eigenvalue weighted by molar-refractivity contribution is 5.79. The summed E-state index contributed by atoms with van der Waals surface area (Å²) in [7, 11) is 0. The predicted octanol–water partition coefficient (Wildman–Crippen LogP) is 0.908. The van der Waals surface area contributed by atoms with Crippen molar-refractivity contribution < 1.29 is 14.4 Å². The summed E-state index contributed by atoms with van der Waals surface area (Å²) in [6, 6.07) is 0. The average Bonchev–Trinajstić information content (AvgIpc) is 2.20. The third-order valence-corrected chi connectivity index (χ3v) is 1.88. The van der Waals surface area contributed by atoms with Crippen molar-refractivity contribution in [3.8, 4) is 0 Å². The van der Waals surface area contributed by atoms with Gasteiger partial charge in [0.1, 0.15) is 5.78 Å². The van der Waals surface area contributed by atoms with Crippen molar-refractivity contribution >= 4 is 11.7 Å². The molecule has 1 heterocycles. The van der Waals surface area contributed by atoms with E-state index in [4.69, 9.17) is 4.84 Å². The minimum atomic E-state index is -0.409. The van der Waals surface area contributed by atoms with E-state index in [9.17, 15) is 9.59 Å². The Kier molecular flexibility index (Phi) is 2.71. The van der Waals surface area contributed by atoms with Crippen LogP contribution < -0.4 is 0 Å². The molecular weight excluding hydrogens is 170 g/mol. The summed E-state index contributed by atoms with van der Waals surface area (Å²) in [5.74, 6) is 0.0346. The lowest BCUT2D eigenvalue weighted by atomic mass is 10.1. The van der Waals surface area contributed by atoms with Crippen LogP contribution in [-0.4, -0.2) is 28.9 Å². The first-order valence-electron chi connectivity index (χ1n) is 4.40. The van der Waals surface area contributed by atoms with Gasteiger partial charge in [-0.1, -0.05) is 0 Å². The van der Waals surface area contributed by atoms with E-state index in [1.54, 1.807) is 0 Å². The molecule has 1 rings (SSSR count). The standard InChI is InChI=1S/C9H15NO3/c1-7(11)4-5-10-8(12)6-9(2,3)13-10/h4-6H2,1-3H3. The van der Waals surface area contributed by atoms with Crippen LogP contribution >= 0.6 is 0 Å². The largest absolute Gasteiger partial charge is 0.300 e. The van der Waals surface area contributed by atoms with Gasteiger partial charge in [0.05, 0.1) is 18.6 Å². The maximum atomic E-state index is 11.3. The number of hydrogen-bond acceptors (Lipinski definition) is 3. The van der Waals surface area contributed by atoms with Gasteiger partial charge in [-0.2, -0.15) is 0 Å². The highest BCUT2D eigenvalue weighted by atomic mass is 16.7. The highest BCUT2D eigenvalue weighted by Crippen LogP contribution is 2.25. The first kappa shape index (κ1) is 10.2. The van der Waals surface area contributed by atoms with Crippen molar-refractivity contribution in [1.29, 1.82) is 0 Å². The fourth-order valence-corrected chi connectivity index (χ4v) is 1.26. The molecule has 1 aliphatic heterocycles. The second-order valence-corrected chi connectivity index (χ2v) is 3.98. The SMILES string of the molecule is CC(=O)CCN1OC(C)(C)CC1=O. The minimum absolute atomic E-state index is 0.0359. The molecule has 0 aromatic carbocycles. The Bertz CT molecular complexity index is 235. The third-order valence-electron chi connectivity index (χ3n) is 1.88. The van der Waals surface area contributed by atoms with Crippen LogP contribution in [0.15, 0.2) is 0 Å². The minimum Gasteiger partial charge on any atom is -0.300 e. The molecule has 0 radical (unpaired) electrons. The topological polar surface area (TPSA) is 46.6 Å². The van der Waals surface area contributed by atoms with Gasteiger partial charge >= 0.3 is 0 Å². The first-order valence-corrected chi connectivity index (χ1v) is 4.40. The van der Waals surface area contributed by atoms with Gasteiger partial charge in [-0.15, -0.1) is 0 Å². The zero-order chi connectivity index (χ0) is 10.1. The maximum absolute atomic E-state index is 11.3. The molecule has 4 heteroatoms. The van der Waals surface area contributed by atoms with E-state index >= 15 is 0 Å². The lowest BCUT2D eigenvalue weighted by molar-refractivity contribution is -0.191. The molecule has 4 nitrogen and oxygen atoms in total. The number of carbonyl (C=O) groups is 2. The van der Waals surface area contributed by atoms with Crippen LogP contribution in [0.1, 0.15) is 33.6 Å². The molecule has 1 amide bonds. The van der Waals surface area contributed by atoms with Crippen molar-refractivity contribution in [2.45, 2.75) is 39.2 Å². The van der Waals surface area contributed by atoms with Crippen molar-refractivity contribution in [3.05, 3.63) is 0 Å². The fraction of sp³-hybridized carbons (Fsp3) is 0.778. The lowest BCUT2D eigenvalue weighted by Gasteiger charge is -2.19. The molecular formula is C9H15NO3. The Hall–Kier alpha value is -0.900. The molecule has 0 aromatic heterocycles. The second-order valence-electron chi connectivity index (χ2n) is 3.98. The molecule has 0 spiro atoms. The summed E-state index contributed by atoms with van der Waals surface area (Å²) in [5.41, 5.74) is -0.409. The van der Waals surface area contributed by atoms with Crippen LogP contribution in [0.3, 0.4) is 0 Å². The lowest BCUT2D eigenvalue weighted by Crippen LogP contribution is -2.27. The summed E-state index contributed by atoms with van der Waals surface area (Å²) in [5, 5.41) is 1.29. The zero-order valence-electron chi connectivity index (χ0n) is 8.29. The van der Waals surface area contributed by atoms with Crippen LogP contribution in [-0.2, 0) is 14.4 Å². The number of amides is 1. The molecule has 1 fully saturated rings. The number of nitrogens with zero attached hydrogens (tertiary/aromatic N) is 1. The Balaban J connectivity index is 2.44. The summed E-state index contributed by atoms with van der Waals surface area (Å²) in [6.45, 7) is 5.60. The smallest absolute Gasteiger partial charge is 0.249 e. The van der Waals surface area contributed by atoms with Crippen molar-refractivity contribution in [3.63, 3.8) is 0 Å². The van der Waals surface area contributed by atoms with E-state index in [0.29, 0.717) is 19.4 Å². The predicted molar refractivity (Wildman–Crippen MR) is 46.8 cm³/mol. The third kappa shape index (κ3) is 2.81. The second kappa shape index (κ2) is 3.46. The normalized spacial score (nSPS) is 20.8. The Morgan fingerprint density at radius 3 is 2.62 bits per heavy atom. The molecule has 0 unspecified atom stereocenters. The number of rotatable bonds is 3. The molecule has 0 N–H and O–H groups in total. The van der Waals surface area contributed by atoms with Gasteiger partial charge < -0.3 is 0 Å². The Labute approximate surface area is 77.8 Å². The number of hydrogen-bond donors (Lipinski definition) is 0. The molecule has 0 atom stereocenters. The fourth-order valence-electron chi connectivity index (χ4n) is 1.26. The van der Waals surface area contributed by atoms with E-state index in [-0.39, 0.29) is 11.7 Å². The maximum Gasteiger partial charge on any atom is 0.249 e. The van der Waals surface area contributed by atoms with E-state index in [1.165, 1.54) is 12.0 Å². The van der Waals surface area contributed by atoms with Crippen LogP contribution in [0.25, 0.3) is 0 Å². The highest BCUT2D eigenvalue weighted by Gasteiger charge is 2.37. The molecule has 74 valence electrons. The quantitative estimate of drug-likeness (QED) is 0.656. The number of ketones is 1. The molecule has 1 aliphatic rings. The van der Waals surface area contributed by atoms with Gasteiger partial charge in [-0.25, -0.2) is 5.06 Å². The van der Waals surface area contributed by atoms with Gasteiger partial charge in [0, 0.05) is 6.42 Å². The molecule has 0 aliphatic carbocycles. The molecule has 0 aromatic rings. The number of carbonyl (C=O) groups excluding carboxylic acids is 2. The van der Waals surface area contributed by atoms with E-state index in [2.05, 4.69) is 0 Å². The van der Waals surface area contributed by atoms with Crippen LogP contribution in [0.4, 0.5) is 0 Å². The van der Waals surface area contributed by atoms with Crippen LogP contribution in [0.5, 0.6) is 0 Å². The van der Waals surface area contributed by atoms with Gasteiger partial charge in [-0.3, -0.25) is 14.4 Å². The summed E-state index contributed by atoms with van der Waals surface area (Å²) in [6.07, 6.45) is 0.757. The Morgan fingerprint density at radius 2 is 2.23 bits per heavy atom. The van der Waals surface area contributed by atoms with Crippen molar-refractivity contribution in [2.75, 3.05) is 6.54 Å². The summed E-state index contributed by atoms with van der Waals surface area (Å²) < 4.78 is 0. The molecule has 0 saturated carbocycles. The van der Waals surface area contributed by atoms with Crippen molar-refractivity contribution in [2.24, 2.45) is 0 Å². The monoisotopic (exact) mass is 185 g/mol. The molecule has 0 bridgehead atoms. The van der Waals surface area contributed by atoms with E-state index in [1.807, 2.05) is 13.8 Å². The van der Waals surface area contributed by atoms with Gasteiger partial charge in [0.2, 0.25) is 5.91 Å². The number of Topliss-reactive ketones (excluding diaryl/α,β-unsaturated/α-hetero) is 1. The first-order chi connectivity index (χ1) is 5.91. The van der Waals surface area contributed by atoms with Gasteiger partial charge in [0.15, 0.2) is 0 Å². The average molecular weight is 185 g/mol. The zero-order valence-corrected chi connectivity index (χ0v) is 8.29. The van der Waals surface area contributed by atoms with E-state index in [0.717, 1.165) is 0 Å². The summed E-state index contributed by atoms with van der Waals surface area (Å²) in [4.78, 5) is 27.3. The van der Waals surface area contributed by atoms with Crippen LogP contribution in [0, 0.1) is 0 Å².